The molecule has 13 heteroatoms. The summed E-state index contributed by atoms with van der Waals surface area (Å²) in [5.41, 5.74) is -0.0447. The zero-order chi connectivity index (χ0) is 27.4. The summed E-state index contributed by atoms with van der Waals surface area (Å²) in [7, 11) is 0. The summed E-state index contributed by atoms with van der Waals surface area (Å²) in [4.78, 5) is 41.2. The van der Waals surface area contributed by atoms with Crippen LogP contribution in [0.15, 0.2) is 24.3 Å². The van der Waals surface area contributed by atoms with Gasteiger partial charge in [0.15, 0.2) is 0 Å². The van der Waals surface area contributed by atoms with Gasteiger partial charge in [-0.15, -0.1) is 0 Å². The molecular formula is C24H35F3N4O6. The van der Waals surface area contributed by atoms with Crippen LogP contribution in [0.5, 0.6) is 0 Å². The van der Waals surface area contributed by atoms with E-state index in [9.17, 15) is 42.9 Å². The van der Waals surface area contributed by atoms with Crippen LogP contribution in [0.1, 0.15) is 24.0 Å². The molecule has 37 heavy (non-hydrogen) atoms. The Morgan fingerprint density at radius 1 is 0.622 bits per heavy atom. The number of rotatable bonds is 8. The maximum Gasteiger partial charge on any atom is 0.416 e. The Labute approximate surface area is 213 Å². The normalized spacial score (nSPS) is 18.8. The van der Waals surface area contributed by atoms with Gasteiger partial charge in [-0.3, -0.25) is 34.0 Å². The molecule has 1 fully saturated rings. The third kappa shape index (κ3) is 12.4. The lowest BCUT2D eigenvalue weighted by Crippen LogP contribution is -2.44. The summed E-state index contributed by atoms with van der Waals surface area (Å²) in [5.74, 6) is -2.97. The highest BCUT2D eigenvalue weighted by Gasteiger charge is 2.30. The summed E-state index contributed by atoms with van der Waals surface area (Å²) < 4.78 is 38.7. The monoisotopic (exact) mass is 532 g/mol. The average Bonchev–Trinajstić information content (AvgIpc) is 2.78. The minimum atomic E-state index is -4.42. The molecule has 0 atom stereocenters. The predicted octanol–water partition coefficient (Wildman–Crippen LogP) is 1.46. The molecule has 1 aliphatic rings. The first-order valence-electron chi connectivity index (χ1n) is 12.1. The number of carboxylic acid groups (broad SMARTS) is 3. The lowest BCUT2D eigenvalue weighted by Gasteiger charge is -2.31. The molecule has 0 amide bonds. The lowest BCUT2D eigenvalue weighted by atomic mass is 10.1. The molecule has 208 valence electrons. The van der Waals surface area contributed by atoms with Crippen molar-refractivity contribution in [2.24, 2.45) is 0 Å². The largest absolute Gasteiger partial charge is 0.480 e. The van der Waals surface area contributed by atoms with Crippen LogP contribution in [0.2, 0.25) is 0 Å². The van der Waals surface area contributed by atoms with Gasteiger partial charge in [-0.05, 0) is 37.1 Å². The number of hydrogen-bond acceptors (Lipinski definition) is 7. The van der Waals surface area contributed by atoms with Crippen molar-refractivity contribution < 1.29 is 42.9 Å². The molecule has 0 saturated carbocycles. The Balaban J connectivity index is 2.15. The van der Waals surface area contributed by atoms with Crippen molar-refractivity contribution >= 4 is 17.9 Å². The van der Waals surface area contributed by atoms with Gasteiger partial charge in [0.25, 0.3) is 0 Å². The van der Waals surface area contributed by atoms with Crippen LogP contribution in [0, 0.1) is 0 Å². The van der Waals surface area contributed by atoms with Crippen molar-refractivity contribution in [1.82, 2.24) is 19.6 Å². The second kappa shape index (κ2) is 14.9. The van der Waals surface area contributed by atoms with Crippen molar-refractivity contribution in [2.45, 2.75) is 25.6 Å². The van der Waals surface area contributed by atoms with E-state index in [1.54, 1.807) is 14.7 Å². The smallest absolute Gasteiger partial charge is 0.416 e. The highest BCUT2D eigenvalue weighted by Crippen LogP contribution is 2.29. The van der Waals surface area contributed by atoms with E-state index in [4.69, 9.17) is 0 Å². The lowest BCUT2D eigenvalue weighted by molar-refractivity contribution is -0.140. The van der Waals surface area contributed by atoms with E-state index in [-0.39, 0.29) is 19.6 Å². The molecule has 1 aromatic rings. The van der Waals surface area contributed by atoms with E-state index >= 15 is 0 Å². The second-order valence-electron chi connectivity index (χ2n) is 9.19. The third-order valence-corrected chi connectivity index (χ3v) is 6.13. The molecule has 1 saturated heterocycles. The SMILES string of the molecule is O=C(O)CN1CCCN(CC(=O)O)CCN(Cc2ccc(C(F)(F)F)cc2)CCCN(CC(=O)O)CC1. The van der Waals surface area contributed by atoms with Crippen LogP contribution < -0.4 is 0 Å². The molecule has 2 rings (SSSR count). The van der Waals surface area contributed by atoms with Crippen molar-refractivity contribution in [3.8, 4) is 0 Å². The van der Waals surface area contributed by atoms with Gasteiger partial charge >= 0.3 is 24.1 Å². The summed E-state index contributed by atoms with van der Waals surface area (Å²) in [6.07, 6.45) is -3.32. The molecule has 0 aliphatic carbocycles. The Morgan fingerprint density at radius 2 is 0.973 bits per heavy atom. The first-order chi connectivity index (χ1) is 17.4. The maximum absolute atomic E-state index is 12.9. The highest BCUT2D eigenvalue weighted by molar-refractivity contribution is 5.69. The molecule has 0 bridgehead atoms. The van der Waals surface area contributed by atoms with Gasteiger partial charge in [-0.25, -0.2) is 0 Å². The molecule has 1 aliphatic heterocycles. The number of nitrogens with zero attached hydrogens (tertiary/aromatic N) is 4. The number of aliphatic carboxylic acids is 3. The van der Waals surface area contributed by atoms with Crippen molar-refractivity contribution in [3.05, 3.63) is 35.4 Å². The summed E-state index contributed by atoms with van der Waals surface area (Å²) in [6, 6.07) is 4.93. The van der Waals surface area contributed by atoms with E-state index < -0.39 is 29.6 Å². The minimum absolute atomic E-state index is 0.181. The van der Waals surface area contributed by atoms with Gasteiger partial charge in [0.2, 0.25) is 0 Å². The molecule has 0 unspecified atom stereocenters. The maximum atomic E-state index is 12.9. The Kier molecular flexibility index (Phi) is 12.2. The summed E-state index contributed by atoms with van der Waals surface area (Å²) in [5, 5.41) is 27.8. The Bertz CT molecular complexity index is 884. The molecule has 0 spiro atoms. The number of carbonyl (C=O) groups is 3. The molecule has 1 heterocycles. The van der Waals surface area contributed by atoms with Crippen LogP contribution >= 0.6 is 0 Å². The molecular weight excluding hydrogens is 497 g/mol. The van der Waals surface area contributed by atoms with Crippen molar-refractivity contribution in [2.75, 3.05) is 72.0 Å². The first kappa shape index (κ1) is 30.5. The number of carboxylic acids is 3. The van der Waals surface area contributed by atoms with Crippen LogP contribution in [0.25, 0.3) is 0 Å². The highest BCUT2D eigenvalue weighted by atomic mass is 19.4. The van der Waals surface area contributed by atoms with E-state index in [0.717, 1.165) is 12.1 Å². The zero-order valence-corrected chi connectivity index (χ0v) is 20.7. The number of hydrogen-bond donors (Lipinski definition) is 3. The van der Waals surface area contributed by atoms with E-state index in [0.29, 0.717) is 77.3 Å². The number of alkyl halides is 3. The van der Waals surface area contributed by atoms with Gasteiger partial charge in [0, 0.05) is 52.4 Å². The van der Waals surface area contributed by atoms with E-state index in [2.05, 4.69) is 0 Å². The van der Waals surface area contributed by atoms with Gasteiger partial charge in [0.05, 0.1) is 25.2 Å². The molecule has 1 aromatic carbocycles. The minimum Gasteiger partial charge on any atom is -0.480 e. The fourth-order valence-corrected chi connectivity index (χ4v) is 4.31. The topological polar surface area (TPSA) is 125 Å². The van der Waals surface area contributed by atoms with Crippen molar-refractivity contribution in [1.29, 1.82) is 0 Å². The second-order valence-corrected chi connectivity index (χ2v) is 9.19. The van der Waals surface area contributed by atoms with Crippen LogP contribution in [-0.4, -0.2) is 125 Å². The predicted molar refractivity (Wildman–Crippen MR) is 128 cm³/mol. The molecule has 0 aromatic heterocycles. The quantitative estimate of drug-likeness (QED) is 0.453. The van der Waals surface area contributed by atoms with E-state index in [1.165, 1.54) is 12.1 Å². The van der Waals surface area contributed by atoms with Crippen LogP contribution in [0.3, 0.4) is 0 Å². The first-order valence-corrected chi connectivity index (χ1v) is 12.1. The standard InChI is InChI=1S/C24H35F3N4O6/c25-24(26,27)20-5-3-19(4-6-20)15-28-7-1-8-30(17-22(34)35)13-14-31(18-23(36)37)10-2-9-29(12-11-28)16-21(32)33/h3-6H,1-2,7-18H2,(H,32,33)(H,34,35)(H,36,37). The Hall–Kier alpha value is -2.74. The van der Waals surface area contributed by atoms with Gasteiger partial charge < -0.3 is 15.3 Å². The third-order valence-electron chi connectivity index (χ3n) is 6.13. The fourth-order valence-electron chi connectivity index (χ4n) is 4.31. The molecule has 10 nitrogen and oxygen atoms in total. The number of halogens is 3. The number of benzene rings is 1. The summed E-state index contributed by atoms with van der Waals surface area (Å²) in [6.45, 7) is 3.19. The van der Waals surface area contributed by atoms with Crippen LogP contribution in [0.4, 0.5) is 13.2 Å². The van der Waals surface area contributed by atoms with Gasteiger partial charge in [-0.2, -0.15) is 13.2 Å². The summed E-state index contributed by atoms with van der Waals surface area (Å²) >= 11 is 0. The Morgan fingerprint density at radius 3 is 1.32 bits per heavy atom. The van der Waals surface area contributed by atoms with Gasteiger partial charge in [0.1, 0.15) is 0 Å². The van der Waals surface area contributed by atoms with Crippen molar-refractivity contribution in [3.63, 3.8) is 0 Å². The molecule has 3 N–H and O–H groups in total. The van der Waals surface area contributed by atoms with Crippen LogP contribution in [-0.2, 0) is 27.1 Å². The zero-order valence-electron chi connectivity index (χ0n) is 20.7. The van der Waals surface area contributed by atoms with E-state index in [1.807, 2.05) is 4.90 Å². The molecule has 0 radical (unpaired) electrons. The fraction of sp³-hybridized carbons (Fsp3) is 0.625. The average molecular weight is 533 g/mol. The van der Waals surface area contributed by atoms with Gasteiger partial charge in [-0.1, -0.05) is 12.1 Å².